The highest BCUT2D eigenvalue weighted by atomic mass is 16.6. The molecule has 0 aliphatic carbocycles. The normalized spacial score (nSPS) is 12.5. The van der Waals surface area contributed by atoms with Crippen molar-refractivity contribution in [1.82, 2.24) is 0 Å². The Morgan fingerprint density at radius 1 is 1.22 bits per heavy atom. The second-order valence-corrected chi connectivity index (χ2v) is 6.40. The van der Waals surface area contributed by atoms with Gasteiger partial charge in [-0.3, -0.25) is 5.32 Å². The number of amides is 1. The van der Waals surface area contributed by atoms with Gasteiger partial charge in [0, 0.05) is 18.4 Å². The predicted octanol–water partition coefficient (Wildman–Crippen LogP) is 3.27. The van der Waals surface area contributed by atoms with Crippen molar-refractivity contribution in [1.29, 1.82) is 5.26 Å². The molecule has 2 aromatic rings. The number of rotatable bonds is 11. The topological polar surface area (TPSA) is 138 Å². The third-order valence-corrected chi connectivity index (χ3v) is 4.13. The van der Waals surface area contributed by atoms with Crippen molar-refractivity contribution >= 4 is 17.7 Å². The van der Waals surface area contributed by atoms with Crippen LogP contribution in [-0.4, -0.2) is 48.2 Å². The number of hydrogen-bond acceptors (Lipinski definition) is 7. The summed E-state index contributed by atoms with van der Waals surface area (Å²) in [6.45, 7) is 1.89. The number of nitrogens with one attached hydrogen (secondary N) is 1. The molecule has 0 fully saturated rings. The molecule has 2 atom stereocenters. The zero-order valence-electron chi connectivity index (χ0n) is 17.4. The number of aliphatic hydroxyl groups is 1. The van der Waals surface area contributed by atoms with Gasteiger partial charge in [-0.2, -0.15) is 5.26 Å². The Kier molecular flexibility index (Phi) is 9.71. The summed E-state index contributed by atoms with van der Waals surface area (Å²) in [6.07, 6.45) is -0.471. The fourth-order valence-electron chi connectivity index (χ4n) is 2.77. The van der Waals surface area contributed by atoms with Crippen LogP contribution in [0.2, 0.25) is 0 Å². The van der Waals surface area contributed by atoms with E-state index >= 15 is 0 Å². The van der Waals surface area contributed by atoms with Gasteiger partial charge in [0.2, 0.25) is 0 Å². The molecule has 0 unspecified atom stereocenters. The molecule has 32 heavy (non-hydrogen) atoms. The Morgan fingerprint density at radius 2 is 1.97 bits per heavy atom. The highest BCUT2D eigenvalue weighted by molar-refractivity contribution is 5.85. The molecular formula is C23H24N2O7. The Morgan fingerprint density at radius 3 is 2.59 bits per heavy atom. The largest absolute Gasteiger partial charge is 0.491 e. The second kappa shape index (κ2) is 12.7. The summed E-state index contributed by atoms with van der Waals surface area (Å²) >= 11 is 0. The molecular weight excluding hydrogens is 416 g/mol. The number of carboxylic acid groups (broad SMARTS) is 1. The number of aliphatic carboxylic acids is 1. The average Bonchev–Trinajstić information content (AvgIpc) is 2.79. The summed E-state index contributed by atoms with van der Waals surface area (Å²) in [7, 11) is 0. The standard InChI is InChI=1S/C23H24N2O7/c1-2-30-20(10-11-21(27)28)22(17-4-3-5-19(14-17)31-13-12-26)32-23(29)25-18-8-6-16(15-24)7-9-18/h3-11,14,20,22,26H,2,12-13H2,1H3,(H,25,29)(H,27,28)/b11-10+/t20-,22-/m1/s1. The van der Waals surface area contributed by atoms with Gasteiger partial charge in [-0.1, -0.05) is 12.1 Å². The minimum Gasteiger partial charge on any atom is -0.491 e. The summed E-state index contributed by atoms with van der Waals surface area (Å²) in [4.78, 5) is 23.6. The van der Waals surface area contributed by atoms with Gasteiger partial charge in [0.25, 0.3) is 0 Å². The number of carbonyl (C=O) groups is 2. The molecule has 0 aromatic heterocycles. The predicted molar refractivity (Wildman–Crippen MR) is 115 cm³/mol. The minimum atomic E-state index is -1.17. The quantitative estimate of drug-likeness (QED) is 0.453. The Bertz CT molecular complexity index is 967. The van der Waals surface area contributed by atoms with E-state index in [1.807, 2.05) is 6.07 Å². The molecule has 0 radical (unpaired) electrons. The lowest BCUT2D eigenvalue weighted by molar-refractivity contribution is -0.131. The van der Waals surface area contributed by atoms with E-state index in [0.29, 0.717) is 22.6 Å². The number of hydrogen-bond donors (Lipinski definition) is 3. The SMILES string of the molecule is CCO[C@H](/C=C/C(=O)O)[C@H](OC(=O)Nc1ccc(C#N)cc1)c1cccc(OCCO)c1. The Labute approximate surface area is 185 Å². The summed E-state index contributed by atoms with van der Waals surface area (Å²) in [5, 5.41) is 29.4. The van der Waals surface area contributed by atoms with Gasteiger partial charge < -0.3 is 24.4 Å². The molecule has 0 spiro atoms. The Hall–Kier alpha value is -3.87. The number of ether oxygens (including phenoxy) is 3. The molecule has 9 heteroatoms. The van der Waals surface area contributed by atoms with Crippen LogP contribution in [0.3, 0.4) is 0 Å². The lowest BCUT2D eigenvalue weighted by atomic mass is 10.0. The number of carbonyl (C=O) groups excluding carboxylic acids is 1. The number of benzene rings is 2. The smallest absolute Gasteiger partial charge is 0.412 e. The van der Waals surface area contributed by atoms with Crippen LogP contribution in [0.5, 0.6) is 5.75 Å². The maximum atomic E-state index is 12.6. The number of nitriles is 1. The van der Waals surface area contributed by atoms with Gasteiger partial charge in [0.1, 0.15) is 18.5 Å². The van der Waals surface area contributed by atoms with Crippen LogP contribution in [0, 0.1) is 11.3 Å². The zero-order valence-corrected chi connectivity index (χ0v) is 17.4. The Balaban J connectivity index is 2.30. The van der Waals surface area contributed by atoms with E-state index in [2.05, 4.69) is 5.32 Å². The van der Waals surface area contributed by atoms with Crippen molar-refractivity contribution in [2.45, 2.75) is 19.1 Å². The second-order valence-electron chi connectivity index (χ2n) is 6.40. The first-order valence-electron chi connectivity index (χ1n) is 9.81. The maximum Gasteiger partial charge on any atom is 0.412 e. The van der Waals surface area contributed by atoms with Gasteiger partial charge in [0.15, 0.2) is 6.10 Å². The third kappa shape index (κ3) is 7.75. The van der Waals surface area contributed by atoms with E-state index in [4.69, 9.17) is 29.7 Å². The van der Waals surface area contributed by atoms with Crippen molar-refractivity contribution in [3.05, 3.63) is 71.8 Å². The molecule has 2 aromatic carbocycles. The molecule has 9 nitrogen and oxygen atoms in total. The number of carboxylic acids is 1. The van der Waals surface area contributed by atoms with Gasteiger partial charge >= 0.3 is 12.1 Å². The highest BCUT2D eigenvalue weighted by Crippen LogP contribution is 2.28. The lowest BCUT2D eigenvalue weighted by Gasteiger charge is -2.25. The van der Waals surface area contributed by atoms with Crippen molar-refractivity contribution in [3.63, 3.8) is 0 Å². The first-order chi connectivity index (χ1) is 15.5. The van der Waals surface area contributed by atoms with Crippen LogP contribution >= 0.6 is 0 Å². The molecule has 0 heterocycles. The van der Waals surface area contributed by atoms with Crippen LogP contribution in [0.4, 0.5) is 10.5 Å². The summed E-state index contributed by atoms with van der Waals surface area (Å²) in [5.41, 5.74) is 1.36. The van der Waals surface area contributed by atoms with E-state index in [-0.39, 0.29) is 19.8 Å². The van der Waals surface area contributed by atoms with Crippen molar-refractivity contribution in [2.75, 3.05) is 25.1 Å². The van der Waals surface area contributed by atoms with E-state index in [9.17, 15) is 9.59 Å². The molecule has 0 aliphatic heterocycles. The third-order valence-electron chi connectivity index (χ3n) is 4.13. The zero-order chi connectivity index (χ0) is 23.3. The molecule has 1 amide bonds. The van der Waals surface area contributed by atoms with Crippen molar-refractivity contribution in [2.24, 2.45) is 0 Å². The van der Waals surface area contributed by atoms with Gasteiger partial charge in [-0.25, -0.2) is 9.59 Å². The monoisotopic (exact) mass is 440 g/mol. The molecule has 168 valence electrons. The number of nitrogens with zero attached hydrogens (tertiary/aromatic N) is 1. The number of anilines is 1. The van der Waals surface area contributed by atoms with Gasteiger partial charge in [-0.15, -0.1) is 0 Å². The molecule has 0 saturated carbocycles. The average molecular weight is 440 g/mol. The van der Waals surface area contributed by atoms with E-state index < -0.39 is 24.3 Å². The first-order valence-corrected chi connectivity index (χ1v) is 9.81. The van der Waals surface area contributed by atoms with Crippen LogP contribution < -0.4 is 10.1 Å². The summed E-state index contributed by atoms with van der Waals surface area (Å²) < 4.78 is 16.7. The molecule has 0 saturated heterocycles. The molecule has 0 bridgehead atoms. The molecule has 3 N–H and O–H groups in total. The highest BCUT2D eigenvalue weighted by Gasteiger charge is 2.27. The van der Waals surface area contributed by atoms with Crippen LogP contribution in [-0.2, 0) is 14.3 Å². The summed E-state index contributed by atoms with van der Waals surface area (Å²) in [5.74, 6) is -0.731. The lowest BCUT2D eigenvalue weighted by Crippen LogP contribution is -2.28. The first kappa shape index (κ1) is 24.4. The fourth-order valence-corrected chi connectivity index (χ4v) is 2.77. The molecule has 2 rings (SSSR count). The fraction of sp³-hybridized carbons (Fsp3) is 0.261. The summed E-state index contributed by atoms with van der Waals surface area (Å²) in [6, 6.07) is 14.9. The van der Waals surface area contributed by atoms with E-state index in [0.717, 1.165) is 6.08 Å². The van der Waals surface area contributed by atoms with E-state index in [1.54, 1.807) is 55.5 Å². The van der Waals surface area contributed by atoms with Crippen molar-refractivity contribution < 1.29 is 34.0 Å². The maximum absolute atomic E-state index is 12.6. The van der Waals surface area contributed by atoms with Crippen molar-refractivity contribution in [3.8, 4) is 11.8 Å². The molecule has 0 aliphatic rings. The number of aliphatic hydroxyl groups excluding tert-OH is 1. The van der Waals surface area contributed by atoms with Crippen LogP contribution in [0.25, 0.3) is 0 Å². The van der Waals surface area contributed by atoms with E-state index in [1.165, 1.54) is 6.08 Å². The van der Waals surface area contributed by atoms with Gasteiger partial charge in [0.05, 0.1) is 18.2 Å². The van der Waals surface area contributed by atoms with Crippen LogP contribution in [0.15, 0.2) is 60.7 Å². The van der Waals surface area contributed by atoms with Gasteiger partial charge in [-0.05, 0) is 55.0 Å². The minimum absolute atomic E-state index is 0.0853. The van der Waals surface area contributed by atoms with Crippen LogP contribution in [0.1, 0.15) is 24.2 Å².